The van der Waals surface area contributed by atoms with Gasteiger partial charge in [-0.15, -0.1) is 0 Å². The van der Waals surface area contributed by atoms with Crippen LogP contribution < -0.4 is 5.56 Å². The van der Waals surface area contributed by atoms with E-state index in [-0.39, 0.29) is 18.6 Å². The number of halogens is 3. The van der Waals surface area contributed by atoms with Crippen molar-refractivity contribution < 1.29 is 18.3 Å². The van der Waals surface area contributed by atoms with Crippen molar-refractivity contribution in [3.63, 3.8) is 0 Å². The lowest BCUT2D eigenvalue weighted by Gasteiger charge is -2.07. The van der Waals surface area contributed by atoms with Crippen LogP contribution in [0, 0.1) is 6.92 Å². The number of benzene rings is 1. The zero-order chi connectivity index (χ0) is 14.9. The molecule has 1 heterocycles. The van der Waals surface area contributed by atoms with Gasteiger partial charge in [0.25, 0.3) is 5.56 Å². The van der Waals surface area contributed by atoms with Crippen LogP contribution in [0.4, 0.5) is 13.2 Å². The van der Waals surface area contributed by atoms with E-state index in [1.807, 2.05) is 0 Å². The molecule has 0 unspecified atom stereocenters. The van der Waals surface area contributed by atoms with E-state index in [2.05, 4.69) is 5.10 Å². The minimum atomic E-state index is -4.41. The molecule has 0 atom stereocenters. The molecule has 0 saturated carbocycles. The first-order valence-electron chi connectivity index (χ1n) is 5.93. The number of rotatable bonds is 3. The van der Waals surface area contributed by atoms with Gasteiger partial charge in [-0.3, -0.25) is 9.89 Å². The van der Waals surface area contributed by atoms with Crippen molar-refractivity contribution in [1.82, 2.24) is 9.78 Å². The van der Waals surface area contributed by atoms with Gasteiger partial charge in [0, 0.05) is 24.3 Å². The van der Waals surface area contributed by atoms with E-state index in [1.165, 1.54) is 16.8 Å². The summed E-state index contributed by atoms with van der Waals surface area (Å²) in [5.41, 5.74) is 0.191. The van der Waals surface area contributed by atoms with Crippen LogP contribution in [0.15, 0.2) is 29.1 Å². The SMILES string of the molecule is Cc1[nH]n(-c2ccc(C(F)(F)F)cc2)c(=O)c1CCO. The van der Waals surface area contributed by atoms with Gasteiger partial charge in [0.2, 0.25) is 0 Å². The van der Waals surface area contributed by atoms with Crippen LogP contribution in [-0.4, -0.2) is 21.5 Å². The molecule has 0 saturated heterocycles. The Kier molecular flexibility index (Phi) is 3.71. The highest BCUT2D eigenvalue weighted by Gasteiger charge is 2.30. The molecule has 0 fully saturated rings. The van der Waals surface area contributed by atoms with Gasteiger partial charge in [0.1, 0.15) is 0 Å². The average Bonchev–Trinajstić information content (AvgIpc) is 2.66. The summed E-state index contributed by atoms with van der Waals surface area (Å²) >= 11 is 0. The standard InChI is InChI=1S/C13H13F3N2O2/c1-8-11(6-7-19)12(20)18(17-8)10-4-2-9(3-5-10)13(14,15)16/h2-5,17,19H,6-7H2,1H3. The van der Waals surface area contributed by atoms with E-state index in [1.54, 1.807) is 6.92 Å². The average molecular weight is 286 g/mol. The number of hydrogen-bond donors (Lipinski definition) is 2. The molecule has 4 nitrogen and oxygen atoms in total. The summed E-state index contributed by atoms with van der Waals surface area (Å²) in [7, 11) is 0. The third-order valence-corrected chi connectivity index (χ3v) is 3.01. The first-order chi connectivity index (χ1) is 9.34. The Morgan fingerprint density at radius 1 is 1.25 bits per heavy atom. The highest BCUT2D eigenvalue weighted by Crippen LogP contribution is 2.29. The third-order valence-electron chi connectivity index (χ3n) is 3.01. The van der Waals surface area contributed by atoms with Crippen LogP contribution in [-0.2, 0) is 12.6 Å². The van der Waals surface area contributed by atoms with Crippen molar-refractivity contribution >= 4 is 0 Å². The largest absolute Gasteiger partial charge is 0.416 e. The van der Waals surface area contributed by atoms with Gasteiger partial charge in [-0.2, -0.15) is 13.2 Å². The summed E-state index contributed by atoms with van der Waals surface area (Å²) in [4.78, 5) is 12.1. The number of alkyl halides is 3. The van der Waals surface area contributed by atoms with Gasteiger partial charge in [0.05, 0.1) is 11.3 Å². The van der Waals surface area contributed by atoms with E-state index in [0.717, 1.165) is 12.1 Å². The molecule has 2 aromatic rings. The zero-order valence-corrected chi connectivity index (χ0v) is 10.7. The smallest absolute Gasteiger partial charge is 0.396 e. The summed E-state index contributed by atoms with van der Waals surface area (Å²) in [5.74, 6) is 0. The number of aliphatic hydroxyl groups excluding tert-OH is 1. The third kappa shape index (κ3) is 2.62. The maximum atomic E-state index is 12.5. The summed E-state index contributed by atoms with van der Waals surface area (Å²) < 4.78 is 38.6. The Labute approximate surface area is 112 Å². The Morgan fingerprint density at radius 3 is 2.35 bits per heavy atom. The van der Waals surface area contributed by atoms with Gasteiger partial charge in [-0.05, 0) is 31.2 Å². The van der Waals surface area contributed by atoms with Crippen LogP contribution in [0.25, 0.3) is 5.69 Å². The van der Waals surface area contributed by atoms with Gasteiger partial charge >= 0.3 is 6.18 Å². The number of aryl methyl sites for hydroxylation is 1. The highest BCUT2D eigenvalue weighted by atomic mass is 19.4. The summed E-state index contributed by atoms with van der Waals surface area (Å²) in [6.07, 6.45) is -4.20. The van der Waals surface area contributed by atoms with Crippen molar-refractivity contribution in [2.45, 2.75) is 19.5 Å². The first-order valence-corrected chi connectivity index (χ1v) is 5.93. The summed E-state index contributed by atoms with van der Waals surface area (Å²) in [6.45, 7) is 1.51. The van der Waals surface area contributed by atoms with E-state index in [4.69, 9.17) is 5.11 Å². The Morgan fingerprint density at radius 2 is 1.85 bits per heavy atom. The normalized spacial score (nSPS) is 11.8. The predicted octanol–water partition coefficient (Wildman–Crippen LogP) is 2.03. The second-order valence-electron chi connectivity index (χ2n) is 4.37. The number of aliphatic hydroxyl groups is 1. The topological polar surface area (TPSA) is 58.0 Å². The molecular weight excluding hydrogens is 273 g/mol. The van der Waals surface area contributed by atoms with Crippen LogP contribution in [0.3, 0.4) is 0 Å². The van der Waals surface area contributed by atoms with Crippen LogP contribution in [0.2, 0.25) is 0 Å². The van der Waals surface area contributed by atoms with Crippen molar-refractivity contribution in [2.24, 2.45) is 0 Å². The fourth-order valence-electron chi connectivity index (χ4n) is 1.97. The molecule has 2 rings (SSSR count). The summed E-state index contributed by atoms with van der Waals surface area (Å²) in [6, 6.07) is 4.29. The maximum Gasteiger partial charge on any atom is 0.416 e. The lowest BCUT2D eigenvalue weighted by Crippen LogP contribution is -2.18. The van der Waals surface area contributed by atoms with Crippen molar-refractivity contribution in [3.05, 3.63) is 51.4 Å². The van der Waals surface area contributed by atoms with Crippen molar-refractivity contribution in [2.75, 3.05) is 6.61 Å². The second-order valence-corrected chi connectivity index (χ2v) is 4.37. The lowest BCUT2D eigenvalue weighted by atomic mass is 10.2. The molecule has 0 radical (unpaired) electrons. The number of H-pyrrole nitrogens is 1. The van der Waals surface area contributed by atoms with Crippen LogP contribution in [0.1, 0.15) is 16.8 Å². The number of aromatic nitrogens is 2. The van der Waals surface area contributed by atoms with E-state index in [9.17, 15) is 18.0 Å². The van der Waals surface area contributed by atoms with E-state index < -0.39 is 11.7 Å². The zero-order valence-electron chi connectivity index (χ0n) is 10.7. The molecule has 0 aliphatic heterocycles. The molecule has 0 spiro atoms. The molecule has 0 aliphatic carbocycles. The van der Waals surface area contributed by atoms with Crippen LogP contribution >= 0.6 is 0 Å². The fourth-order valence-corrected chi connectivity index (χ4v) is 1.97. The Bertz CT molecular complexity index is 654. The minimum absolute atomic E-state index is 0.166. The molecular formula is C13H13F3N2O2. The maximum absolute atomic E-state index is 12.5. The fraction of sp³-hybridized carbons (Fsp3) is 0.308. The Balaban J connectivity index is 2.43. The van der Waals surface area contributed by atoms with Gasteiger partial charge in [-0.25, -0.2) is 4.68 Å². The highest BCUT2D eigenvalue weighted by molar-refractivity contribution is 5.36. The lowest BCUT2D eigenvalue weighted by molar-refractivity contribution is -0.137. The van der Waals surface area contributed by atoms with E-state index >= 15 is 0 Å². The molecule has 20 heavy (non-hydrogen) atoms. The molecule has 0 amide bonds. The molecule has 108 valence electrons. The number of aromatic amines is 1. The summed E-state index contributed by atoms with van der Waals surface area (Å²) in [5, 5.41) is 11.7. The minimum Gasteiger partial charge on any atom is -0.396 e. The number of nitrogens with zero attached hydrogens (tertiary/aromatic N) is 1. The molecule has 0 bridgehead atoms. The van der Waals surface area contributed by atoms with Crippen molar-refractivity contribution in [1.29, 1.82) is 0 Å². The molecule has 1 aromatic heterocycles. The van der Waals surface area contributed by atoms with Gasteiger partial charge in [-0.1, -0.05) is 0 Å². The number of nitrogens with one attached hydrogen (secondary N) is 1. The van der Waals surface area contributed by atoms with E-state index in [0.29, 0.717) is 16.9 Å². The molecule has 7 heteroatoms. The quantitative estimate of drug-likeness (QED) is 0.907. The van der Waals surface area contributed by atoms with Gasteiger partial charge in [0.15, 0.2) is 0 Å². The molecule has 1 aromatic carbocycles. The number of hydrogen-bond acceptors (Lipinski definition) is 2. The predicted molar refractivity (Wildman–Crippen MR) is 66.9 cm³/mol. The molecule has 2 N–H and O–H groups in total. The van der Waals surface area contributed by atoms with Crippen molar-refractivity contribution in [3.8, 4) is 5.69 Å². The Hall–Kier alpha value is -2.02. The first kappa shape index (κ1) is 14.4. The monoisotopic (exact) mass is 286 g/mol. The molecule has 0 aliphatic rings. The second kappa shape index (κ2) is 5.16. The van der Waals surface area contributed by atoms with Crippen LogP contribution in [0.5, 0.6) is 0 Å². The van der Waals surface area contributed by atoms with Gasteiger partial charge < -0.3 is 5.11 Å².